The van der Waals surface area contributed by atoms with Crippen LogP contribution in [0.1, 0.15) is 26.7 Å². The third-order valence-corrected chi connectivity index (χ3v) is 2.03. The van der Waals surface area contributed by atoms with Crippen molar-refractivity contribution in [3.05, 3.63) is 0 Å². The molecule has 1 heterocycles. The van der Waals surface area contributed by atoms with Gasteiger partial charge >= 0.3 is 0 Å². The normalized spacial score (nSPS) is 26.4. The van der Waals surface area contributed by atoms with Crippen molar-refractivity contribution in [1.82, 2.24) is 4.90 Å². The Labute approximate surface area is 66.4 Å². The van der Waals surface area contributed by atoms with Crippen molar-refractivity contribution < 1.29 is 9.18 Å². The summed E-state index contributed by atoms with van der Waals surface area (Å²) >= 11 is 0. The zero-order chi connectivity index (χ0) is 8.43. The van der Waals surface area contributed by atoms with Crippen molar-refractivity contribution in [2.45, 2.75) is 38.9 Å². The van der Waals surface area contributed by atoms with E-state index in [9.17, 15) is 9.18 Å². The Balaban J connectivity index is 2.58. The number of hydrogen-bond donors (Lipinski definition) is 0. The molecule has 11 heavy (non-hydrogen) atoms. The number of alkyl halides is 1. The average molecular weight is 159 g/mol. The number of nitrogens with zero attached hydrogens (tertiary/aromatic N) is 1. The first-order valence-corrected chi connectivity index (χ1v) is 4.07. The lowest BCUT2D eigenvalue weighted by Crippen LogP contribution is -2.45. The van der Waals surface area contributed by atoms with Crippen LogP contribution in [-0.4, -0.2) is 29.6 Å². The second-order valence-corrected chi connectivity index (χ2v) is 3.24. The molecule has 2 nitrogen and oxygen atoms in total. The van der Waals surface area contributed by atoms with Gasteiger partial charge in [0.2, 0.25) is 0 Å². The highest BCUT2D eigenvalue weighted by molar-refractivity contribution is 5.81. The van der Waals surface area contributed by atoms with Gasteiger partial charge in [0, 0.05) is 12.6 Å². The molecule has 0 N–H and O–H groups in total. The summed E-state index contributed by atoms with van der Waals surface area (Å²) in [5.41, 5.74) is 0. The van der Waals surface area contributed by atoms with Gasteiger partial charge in [-0.3, -0.25) is 4.79 Å². The molecule has 0 bridgehead atoms. The van der Waals surface area contributed by atoms with Crippen molar-refractivity contribution in [1.29, 1.82) is 0 Å². The van der Waals surface area contributed by atoms with Gasteiger partial charge in [-0.25, -0.2) is 4.39 Å². The fraction of sp³-hybridized carbons (Fsp3) is 0.875. The molecule has 1 fully saturated rings. The van der Waals surface area contributed by atoms with Crippen LogP contribution in [0, 0.1) is 0 Å². The molecule has 1 aliphatic rings. The SMILES string of the molecule is CC(C)N1CCCC(F)C1=O. The Hall–Kier alpha value is -0.600. The van der Waals surface area contributed by atoms with Crippen LogP contribution in [0.3, 0.4) is 0 Å². The first-order chi connectivity index (χ1) is 5.13. The van der Waals surface area contributed by atoms with Crippen LogP contribution in [0.4, 0.5) is 4.39 Å². The van der Waals surface area contributed by atoms with E-state index in [1.165, 1.54) is 0 Å². The fourth-order valence-electron chi connectivity index (χ4n) is 1.37. The van der Waals surface area contributed by atoms with Crippen LogP contribution in [0.5, 0.6) is 0 Å². The fourth-order valence-corrected chi connectivity index (χ4v) is 1.37. The molecule has 0 spiro atoms. The van der Waals surface area contributed by atoms with E-state index in [0.29, 0.717) is 6.42 Å². The van der Waals surface area contributed by atoms with Gasteiger partial charge in [0.05, 0.1) is 0 Å². The zero-order valence-electron chi connectivity index (χ0n) is 7.01. The summed E-state index contributed by atoms with van der Waals surface area (Å²) in [4.78, 5) is 12.7. The summed E-state index contributed by atoms with van der Waals surface area (Å²) in [6, 6.07) is 0.140. The number of piperidine rings is 1. The maximum Gasteiger partial charge on any atom is 0.257 e. The van der Waals surface area contributed by atoms with Crippen LogP contribution in [-0.2, 0) is 4.79 Å². The Morgan fingerprint density at radius 2 is 2.27 bits per heavy atom. The van der Waals surface area contributed by atoms with Crippen molar-refractivity contribution in [2.75, 3.05) is 6.54 Å². The molecule has 1 atom stereocenters. The van der Waals surface area contributed by atoms with Gasteiger partial charge in [-0.15, -0.1) is 0 Å². The molecule has 3 heteroatoms. The van der Waals surface area contributed by atoms with Crippen LogP contribution in [0.15, 0.2) is 0 Å². The number of carbonyl (C=O) groups excluding carboxylic acids is 1. The molecule has 1 rings (SSSR count). The minimum Gasteiger partial charge on any atom is -0.338 e. The van der Waals surface area contributed by atoms with Crippen molar-refractivity contribution >= 4 is 5.91 Å². The molecule has 1 aliphatic heterocycles. The predicted octanol–water partition coefficient (Wildman–Crippen LogP) is 1.36. The molecule has 0 saturated carbocycles. The number of amides is 1. The molecular weight excluding hydrogens is 145 g/mol. The summed E-state index contributed by atoms with van der Waals surface area (Å²) in [6.45, 7) is 4.54. The molecule has 64 valence electrons. The van der Waals surface area contributed by atoms with Crippen molar-refractivity contribution in [3.63, 3.8) is 0 Å². The minimum atomic E-state index is -1.24. The number of halogens is 1. The zero-order valence-corrected chi connectivity index (χ0v) is 7.01. The van der Waals surface area contributed by atoms with Crippen LogP contribution >= 0.6 is 0 Å². The molecule has 0 aromatic rings. The lowest BCUT2D eigenvalue weighted by atomic mass is 10.1. The Morgan fingerprint density at radius 3 is 2.73 bits per heavy atom. The third-order valence-electron chi connectivity index (χ3n) is 2.03. The average Bonchev–Trinajstić information content (AvgIpc) is 1.94. The summed E-state index contributed by atoms with van der Waals surface area (Å²) in [5, 5.41) is 0. The van der Waals surface area contributed by atoms with Crippen molar-refractivity contribution in [3.8, 4) is 0 Å². The van der Waals surface area contributed by atoms with Gasteiger partial charge in [0.1, 0.15) is 0 Å². The van der Waals surface area contributed by atoms with E-state index in [0.717, 1.165) is 13.0 Å². The summed E-state index contributed by atoms with van der Waals surface area (Å²) in [6.07, 6.45) is -0.0428. The summed E-state index contributed by atoms with van der Waals surface area (Å²) in [5.74, 6) is -0.328. The quantitative estimate of drug-likeness (QED) is 0.565. The molecule has 0 aliphatic carbocycles. The number of likely N-dealkylation sites (tertiary alicyclic amines) is 1. The highest BCUT2D eigenvalue weighted by Crippen LogP contribution is 2.16. The van der Waals surface area contributed by atoms with E-state index in [2.05, 4.69) is 0 Å². The second-order valence-electron chi connectivity index (χ2n) is 3.24. The first kappa shape index (κ1) is 8.50. The van der Waals surface area contributed by atoms with Gasteiger partial charge in [0.15, 0.2) is 6.17 Å². The second kappa shape index (κ2) is 3.20. The first-order valence-electron chi connectivity index (χ1n) is 4.07. The lowest BCUT2D eigenvalue weighted by Gasteiger charge is -2.31. The van der Waals surface area contributed by atoms with Gasteiger partial charge in [-0.1, -0.05) is 0 Å². The van der Waals surface area contributed by atoms with Gasteiger partial charge in [-0.05, 0) is 26.7 Å². The smallest absolute Gasteiger partial charge is 0.257 e. The van der Waals surface area contributed by atoms with Gasteiger partial charge in [-0.2, -0.15) is 0 Å². The van der Waals surface area contributed by atoms with E-state index in [1.54, 1.807) is 4.90 Å². The molecule has 1 amide bonds. The van der Waals surface area contributed by atoms with Crippen LogP contribution in [0.2, 0.25) is 0 Å². The van der Waals surface area contributed by atoms with E-state index in [4.69, 9.17) is 0 Å². The lowest BCUT2D eigenvalue weighted by molar-refractivity contribution is -0.141. The molecule has 0 aromatic carbocycles. The molecule has 0 aromatic heterocycles. The molecule has 1 unspecified atom stereocenters. The van der Waals surface area contributed by atoms with Crippen LogP contribution in [0.25, 0.3) is 0 Å². The van der Waals surface area contributed by atoms with Gasteiger partial charge in [0.25, 0.3) is 5.91 Å². The minimum absolute atomic E-state index is 0.140. The molecule has 0 radical (unpaired) electrons. The maximum atomic E-state index is 12.8. The number of rotatable bonds is 1. The highest BCUT2D eigenvalue weighted by atomic mass is 19.1. The largest absolute Gasteiger partial charge is 0.338 e. The monoisotopic (exact) mass is 159 g/mol. The molecular formula is C8H14FNO. The number of carbonyl (C=O) groups is 1. The summed E-state index contributed by atoms with van der Waals surface area (Å²) in [7, 11) is 0. The Morgan fingerprint density at radius 1 is 1.64 bits per heavy atom. The van der Waals surface area contributed by atoms with E-state index in [-0.39, 0.29) is 11.9 Å². The van der Waals surface area contributed by atoms with Crippen molar-refractivity contribution in [2.24, 2.45) is 0 Å². The van der Waals surface area contributed by atoms with Gasteiger partial charge < -0.3 is 4.90 Å². The Bertz CT molecular complexity index is 158. The third kappa shape index (κ3) is 1.70. The van der Waals surface area contributed by atoms with E-state index in [1.807, 2.05) is 13.8 Å². The summed E-state index contributed by atoms with van der Waals surface area (Å²) < 4.78 is 12.8. The molecule has 1 saturated heterocycles. The topological polar surface area (TPSA) is 20.3 Å². The number of hydrogen-bond acceptors (Lipinski definition) is 1. The maximum absolute atomic E-state index is 12.8. The van der Waals surface area contributed by atoms with Crippen LogP contribution < -0.4 is 0 Å². The Kier molecular flexibility index (Phi) is 2.47. The predicted molar refractivity (Wildman–Crippen MR) is 41.0 cm³/mol. The highest BCUT2D eigenvalue weighted by Gasteiger charge is 2.29. The standard InChI is InChI=1S/C8H14FNO/c1-6(2)10-5-3-4-7(9)8(10)11/h6-7H,3-5H2,1-2H3. The van der Waals surface area contributed by atoms with E-state index >= 15 is 0 Å². The van der Waals surface area contributed by atoms with E-state index < -0.39 is 6.17 Å².